The number of benzene rings is 2. The topological polar surface area (TPSA) is 72.2 Å². The second-order valence-electron chi connectivity index (χ2n) is 6.43. The third kappa shape index (κ3) is 5.09. The zero-order valence-corrected chi connectivity index (χ0v) is 17.3. The van der Waals surface area contributed by atoms with Crippen LogP contribution < -0.4 is 5.32 Å². The van der Waals surface area contributed by atoms with Gasteiger partial charge in [-0.3, -0.25) is 9.00 Å². The highest BCUT2D eigenvalue weighted by molar-refractivity contribution is 7.84. The molecule has 1 heterocycles. The average Bonchev–Trinajstić information content (AvgIpc) is 3.01. The predicted molar refractivity (Wildman–Crippen MR) is 111 cm³/mol. The molecule has 2 aromatic carbocycles. The molecule has 1 amide bonds. The Balaban J connectivity index is 1.58. The van der Waals surface area contributed by atoms with E-state index in [2.05, 4.69) is 10.3 Å². The first-order valence-corrected chi connectivity index (χ1v) is 10.7. The Morgan fingerprint density at radius 2 is 1.86 bits per heavy atom. The van der Waals surface area contributed by atoms with Crippen LogP contribution in [-0.2, 0) is 27.9 Å². The van der Waals surface area contributed by atoms with Crippen LogP contribution in [0.2, 0.25) is 5.02 Å². The third-order valence-electron chi connectivity index (χ3n) is 4.29. The lowest BCUT2D eigenvalue weighted by Crippen LogP contribution is -2.28. The molecule has 0 saturated carbocycles. The summed E-state index contributed by atoms with van der Waals surface area (Å²) >= 11 is 6.07. The van der Waals surface area contributed by atoms with Crippen molar-refractivity contribution < 1.29 is 13.4 Å². The van der Waals surface area contributed by atoms with Gasteiger partial charge in [0.25, 0.3) is 0 Å². The average molecular weight is 417 g/mol. The van der Waals surface area contributed by atoms with Crippen LogP contribution in [0.25, 0.3) is 11.5 Å². The van der Waals surface area contributed by atoms with Gasteiger partial charge in [-0.05, 0) is 37.1 Å². The summed E-state index contributed by atoms with van der Waals surface area (Å²) in [5.41, 5.74) is 3.38. The summed E-state index contributed by atoms with van der Waals surface area (Å²) in [6.07, 6.45) is 0. The highest BCUT2D eigenvalue weighted by Crippen LogP contribution is 2.25. The first kappa shape index (κ1) is 20.3. The summed E-state index contributed by atoms with van der Waals surface area (Å²) in [6.45, 7) is 4.07. The number of rotatable bonds is 7. The molecule has 0 bridgehead atoms. The molecule has 5 nitrogen and oxygen atoms in total. The zero-order valence-electron chi connectivity index (χ0n) is 15.7. The second kappa shape index (κ2) is 9.17. The minimum atomic E-state index is -1.39. The van der Waals surface area contributed by atoms with Crippen LogP contribution in [0, 0.1) is 13.8 Å². The number of nitrogens with zero attached hydrogens (tertiary/aromatic N) is 1. The summed E-state index contributed by atoms with van der Waals surface area (Å²) in [4.78, 5) is 16.6. The molecular formula is C21H21ClN2O3S. The van der Waals surface area contributed by atoms with Gasteiger partial charge in [-0.2, -0.15) is 0 Å². The van der Waals surface area contributed by atoms with E-state index in [1.165, 1.54) is 0 Å². The van der Waals surface area contributed by atoms with Gasteiger partial charge < -0.3 is 9.73 Å². The van der Waals surface area contributed by atoms with Crippen LogP contribution in [0.4, 0.5) is 0 Å². The number of carbonyl (C=O) groups is 1. The zero-order chi connectivity index (χ0) is 20.1. The molecule has 0 aliphatic heterocycles. The molecule has 0 saturated heterocycles. The van der Waals surface area contributed by atoms with E-state index in [0.717, 1.165) is 16.7 Å². The molecule has 1 aromatic heterocycles. The largest absolute Gasteiger partial charge is 0.441 e. The van der Waals surface area contributed by atoms with E-state index in [-0.39, 0.29) is 17.4 Å². The Kier molecular flexibility index (Phi) is 6.65. The van der Waals surface area contributed by atoms with Gasteiger partial charge in [-0.15, -0.1) is 0 Å². The molecule has 1 atom stereocenters. The van der Waals surface area contributed by atoms with E-state index in [9.17, 15) is 9.00 Å². The standard InChI is InChI=1S/C21H21ClN2O3S/c1-14-7-3-5-9-17(14)21-24-19(15(2)27-21)12-28(26)13-20(25)23-11-16-8-4-6-10-18(16)22/h3-10H,11-13H2,1-2H3,(H,23,25). The van der Waals surface area contributed by atoms with Gasteiger partial charge in [-0.1, -0.05) is 48.0 Å². The van der Waals surface area contributed by atoms with Crippen LogP contribution in [0.1, 0.15) is 22.6 Å². The Hall–Kier alpha value is -2.44. The van der Waals surface area contributed by atoms with Gasteiger partial charge in [0.1, 0.15) is 11.5 Å². The number of amides is 1. The Morgan fingerprint density at radius 3 is 2.61 bits per heavy atom. The molecule has 0 radical (unpaired) electrons. The van der Waals surface area contributed by atoms with Crippen molar-refractivity contribution in [3.63, 3.8) is 0 Å². The molecule has 1 unspecified atom stereocenters. The number of halogens is 1. The van der Waals surface area contributed by atoms with Gasteiger partial charge >= 0.3 is 0 Å². The fraction of sp³-hybridized carbons (Fsp3) is 0.238. The molecule has 0 aliphatic rings. The quantitative estimate of drug-likeness (QED) is 0.627. The number of hydrogen-bond donors (Lipinski definition) is 1. The molecule has 146 valence electrons. The number of nitrogens with one attached hydrogen (secondary N) is 1. The molecule has 0 spiro atoms. The number of hydrogen-bond acceptors (Lipinski definition) is 4. The van der Waals surface area contributed by atoms with Crippen LogP contribution in [0.3, 0.4) is 0 Å². The number of carbonyl (C=O) groups excluding carboxylic acids is 1. The smallest absolute Gasteiger partial charge is 0.232 e. The normalized spacial score (nSPS) is 12.0. The van der Waals surface area contributed by atoms with E-state index in [0.29, 0.717) is 28.9 Å². The van der Waals surface area contributed by atoms with Crippen LogP contribution in [0.5, 0.6) is 0 Å². The molecule has 1 N–H and O–H groups in total. The molecule has 28 heavy (non-hydrogen) atoms. The molecule has 3 rings (SSSR count). The maximum Gasteiger partial charge on any atom is 0.232 e. The van der Waals surface area contributed by atoms with E-state index in [1.54, 1.807) is 13.0 Å². The fourth-order valence-corrected chi connectivity index (χ4v) is 4.00. The van der Waals surface area contributed by atoms with Crippen LogP contribution in [-0.4, -0.2) is 20.9 Å². The van der Waals surface area contributed by atoms with Crippen LogP contribution in [0.15, 0.2) is 52.9 Å². The first-order valence-electron chi connectivity index (χ1n) is 8.81. The molecule has 0 fully saturated rings. The lowest BCUT2D eigenvalue weighted by molar-refractivity contribution is -0.118. The summed E-state index contributed by atoms with van der Waals surface area (Å²) in [6, 6.07) is 15.1. The van der Waals surface area contributed by atoms with E-state index in [4.69, 9.17) is 16.0 Å². The van der Waals surface area contributed by atoms with Crippen LogP contribution >= 0.6 is 11.6 Å². The van der Waals surface area contributed by atoms with Crippen molar-refractivity contribution in [1.29, 1.82) is 0 Å². The maximum atomic E-state index is 12.4. The minimum Gasteiger partial charge on any atom is -0.441 e. The maximum absolute atomic E-state index is 12.4. The lowest BCUT2D eigenvalue weighted by atomic mass is 10.1. The summed E-state index contributed by atoms with van der Waals surface area (Å²) in [5.74, 6) is 0.893. The van der Waals surface area contributed by atoms with Gasteiger partial charge in [0.15, 0.2) is 0 Å². The third-order valence-corrected chi connectivity index (χ3v) is 5.84. The van der Waals surface area contributed by atoms with E-state index >= 15 is 0 Å². The minimum absolute atomic E-state index is 0.101. The monoisotopic (exact) mass is 416 g/mol. The van der Waals surface area contributed by atoms with E-state index < -0.39 is 10.8 Å². The number of oxazole rings is 1. The summed E-state index contributed by atoms with van der Waals surface area (Å²) in [7, 11) is -1.39. The molecule has 3 aromatic rings. The fourth-order valence-electron chi connectivity index (χ4n) is 2.73. The highest BCUT2D eigenvalue weighted by atomic mass is 35.5. The van der Waals surface area contributed by atoms with Crippen molar-refractivity contribution in [2.24, 2.45) is 0 Å². The van der Waals surface area contributed by atoms with Crippen molar-refractivity contribution in [2.75, 3.05) is 5.75 Å². The first-order chi connectivity index (χ1) is 13.4. The molecular weight excluding hydrogens is 396 g/mol. The summed E-state index contributed by atoms with van der Waals surface area (Å²) in [5, 5.41) is 3.34. The lowest BCUT2D eigenvalue weighted by Gasteiger charge is -2.06. The number of aromatic nitrogens is 1. The van der Waals surface area contributed by atoms with Gasteiger partial charge in [0, 0.05) is 27.9 Å². The van der Waals surface area contributed by atoms with Crippen molar-refractivity contribution in [3.05, 3.63) is 76.1 Å². The van der Waals surface area contributed by atoms with Gasteiger partial charge in [-0.25, -0.2) is 4.98 Å². The SMILES string of the molecule is Cc1ccccc1-c1nc(CS(=O)CC(=O)NCc2ccccc2Cl)c(C)o1. The Morgan fingerprint density at radius 1 is 1.14 bits per heavy atom. The van der Waals surface area contributed by atoms with Crippen molar-refractivity contribution in [2.45, 2.75) is 26.1 Å². The second-order valence-corrected chi connectivity index (χ2v) is 8.30. The highest BCUT2D eigenvalue weighted by Gasteiger charge is 2.17. The van der Waals surface area contributed by atoms with Gasteiger partial charge in [0.05, 0.1) is 11.4 Å². The Labute approximate surface area is 171 Å². The van der Waals surface area contributed by atoms with Gasteiger partial charge in [0.2, 0.25) is 11.8 Å². The predicted octanol–water partition coefficient (Wildman–Crippen LogP) is 4.18. The molecule has 7 heteroatoms. The Bertz CT molecular complexity index is 1020. The van der Waals surface area contributed by atoms with Crippen molar-refractivity contribution in [1.82, 2.24) is 10.3 Å². The van der Waals surface area contributed by atoms with Crippen molar-refractivity contribution >= 4 is 28.3 Å². The summed E-state index contributed by atoms with van der Waals surface area (Å²) < 4.78 is 18.2. The number of aryl methyl sites for hydroxylation is 2. The van der Waals surface area contributed by atoms with Crippen molar-refractivity contribution in [3.8, 4) is 11.5 Å². The van der Waals surface area contributed by atoms with E-state index in [1.807, 2.05) is 49.4 Å². The molecule has 0 aliphatic carbocycles.